The predicted molar refractivity (Wildman–Crippen MR) is 63.9 cm³/mol. The van der Waals surface area contributed by atoms with Crippen LogP contribution in [0.3, 0.4) is 0 Å². The van der Waals surface area contributed by atoms with Crippen LogP contribution in [0.2, 0.25) is 0 Å². The number of hydrogen-bond acceptors (Lipinski definition) is 2. The molecular formula is C11H10BrFN2O2. The van der Waals surface area contributed by atoms with E-state index in [2.05, 4.69) is 26.6 Å². The number of halogens is 2. The average Bonchev–Trinajstić information content (AvgIpc) is 2.70. The monoisotopic (exact) mass is 300 g/mol. The summed E-state index contributed by atoms with van der Waals surface area (Å²) in [5.74, 6) is -0.899. The quantitative estimate of drug-likeness (QED) is 0.875. The minimum atomic E-state index is -0.530. The van der Waals surface area contributed by atoms with Gasteiger partial charge < -0.3 is 10.6 Å². The van der Waals surface area contributed by atoms with E-state index in [1.54, 1.807) is 0 Å². The molecule has 1 saturated heterocycles. The van der Waals surface area contributed by atoms with E-state index < -0.39 is 11.9 Å². The van der Waals surface area contributed by atoms with E-state index >= 15 is 0 Å². The van der Waals surface area contributed by atoms with Crippen LogP contribution in [0.4, 0.5) is 10.1 Å². The van der Waals surface area contributed by atoms with Gasteiger partial charge in [-0.1, -0.05) is 0 Å². The summed E-state index contributed by atoms with van der Waals surface area (Å²) in [4.78, 5) is 22.7. The Morgan fingerprint density at radius 1 is 1.53 bits per heavy atom. The van der Waals surface area contributed by atoms with Gasteiger partial charge in [0.25, 0.3) is 0 Å². The molecule has 1 aliphatic rings. The van der Waals surface area contributed by atoms with Crippen LogP contribution < -0.4 is 10.6 Å². The maximum absolute atomic E-state index is 13.0. The summed E-state index contributed by atoms with van der Waals surface area (Å²) < 4.78 is 13.6. The number of benzene rings is 1. The Kier molecular flexibility index (Phi) is 3.42. The first-order valence-corrected chi connectivity index (χ1v) is 5.91. The minimum absolute atomic E-state index is 0.136. The first-order chi connectivity index (χ1) is 8.06. The van der Waals surface area contributed by atoms with E-state index in [-0.39, 0.29) is 11.8 Å². The summed E-state index contributed by atoms with van der Waals surface area (Å²) in [6.07, 6.45) is 0.819. The molecule has 1 fully saturated rings. The van der Waals surface area contributed by atoms with Crippen molar-refractivity contribution in [3.63, 3.8) is 0 Å². The second-order valence-corrected chi connectivity index (χ2v) is 4.63. The highest BCUT2D eigenvalue weighted by Crippen LogP contribution is 2.23. The lowest BCUT2D eigenvalue weighted by molar-refractivity contribution is -0.122. The third-order valence-electron chi connectivity index (χ3n) is 2.50. The molecule has 2 N–H and O–H groups in total. The molecule has 2 rings (SSSR count). The SMILES string of the molecule is O=C1CC[C@@H](C(=O)Nc2cc(F)ccc2Br)N1. The lowest BCUT2D eigenvalue weighted by Gasteiger charge is -2.12. The van der Waals surface area contributed by atoms with Gasteiger partial charge in [0, 0.05) is 10.9 Å². The topological polar surface area (TPSA) is 58.2 Å². The molecule has 17 heavy (non-hydrogen) atoms. The molecule has 0 aromatic heterocycles. The van der Waals surface area contributed by atoms with Gasteiger partial charge in [-0.05, 0) is 40.5 Å². The van der Waals surface area contributed by atoms with Gasteiger partial charge in [-0.25, -0.2) is 4.39 Å². The van der Waals surface area contributed by atoms with Crippen LogP contribution in [-0.4, -0.2) is 17.9 Å². The molecular weight excluding hydrogens is 291 g/mol. The van der Waals surface area contributed by atoms with Crippen LogP contribution in [0.15, 0.2) is 22.7 Å². The molecule has 90 valence electrons. The molecule has 0 spiro atoms. The number of nitrogens with one attached hydrogen (secondary N) is 2. The summed E-state index contributed by atoms with van der Waals surface area (Å²) in [7, 11) is 0. The largest absolute Gasteiger partial charge is 0.344 e. The Bertz CT molecular complexity index is 479. The molecule has 0 radical (unpaired) electrons. The van der Waals surface area contributed by atoms with Gasteiger partial charge >= 0.3 is 0 Å². The fraction of sp³-hybridized carbons (Fsp3) is 0.273. The first-order valence-electron chi connectivity index (χ1n) is 5.11. The van der Waals surface area contributed by atoms with Crippen molar-refractivity contribution in [2.45, 2.75) is 18.9 Å². The van der Waals surface area contributed by atoms with Crippen molar-refractivity contribution in [2.24, 2.45) is 0 Å². The van der Waals surface area contributed by atoms with Crippen molar-refractivity contribution in [1.82, 2.24) is 5.32 Å². The summed E-state index contributed by atoms with van der Waals surface area (Å²) in [6, 6.07) is 3.49. The number of anilines is 1. The summed E-state index contributed by atoms with van der Waals surface area (Å²) in [6.45, 7) is 0. The van der Waals surface area contributed by atoms with Gasteiger partial charge in [0.2, 0.25) is 11.8 Å². The number of amides is 2. The smallest absolute Gasteiger partial charge is 0.246 e. The van der Waals surface area contributed by atoms with Gasteiger partial charge in [-0.3, -0.25) is 9.59 Å². The molecule has 0 saturated carbocycles. The molecule has 6 heteroatoms. The van der Waals surface area contributed by atoms with Crippen molar-refractivity contribution in [3.8, 4) is 0 Å². The zero-order chi connectivity index (χ0) is 12.4. The zero-order valence-corrected chi connectivity index (χ0v) is 10.4. The second-order valence-electron chi connectivity index (χ2n) is 3.77. The van der Waals surface area contributed by atoms with Crippen LogP contribution >= 0.6 is 15.9 Å². The number of carbonyl (C=O) groups excluding carboxylic acids is 2. The van der Waals surface area contributed by atoms with Gasteiger partial charge in [-0.2, -0.15) is 0 Å². The molecule has 2 amide bonds. The highest BCUT2D eigenvalue weighted by atomic mass is 79.9. The van der Waals surface area contributed by atoms with Crippen molar-refractivity contribution in [3.05, 3.63) is 28.5 Å². The van der Waals surface area contributed by atoms with Crippen molar-refractivity contribution in [2.75, 3.05) is 5.32 Å². The standard InChI is InChI=1S/C11H10BrFN2O2/c12-7-2-1-6(13)5-9(7)15-11(17)8-3-4-10(16)14-8/h1-2,5,8H,3-4H2,(H,14,16)(H,15,17)/t8-/m0/s1. The first kappa shape index (κ1) is 12.0. The normalized spacial score (nSPS) is 18.9. The summed E-state index contributed by atoms with van der Waals surface area (Å²) in [5, 5.41) is 5.12. The highest BCUT2D eigenvalue weighted by Gasteiger charge is 2.27. The molecule has 1 atom stereocenters. The van der Waals surface area contributed by atoms with Gasteiger partial charge in [-0.15, -0.1) is 0 Å². The predicted octanol–water partition coefficient (Wildman–Crippen LogP) is 1.81. The lowest BCUT2D eigenvalue weighted by atomic mass is 10.2. The van der Waals surface area contributed by atoms with Gasteiger partial charge in [0.05, 0.1) is 5.69 Å². The fourth-order valence-electron chi connectivity index (χ4n) is 1.62. The van der Waals surface area contributed by atoms with E-state index in [1.165, 1.54) is 18.2 Å². The molecule has 0 unspecified atom stereocenters. The number of carbonyl (C=O) groups is 2. The Morgan fingerprint density at radius 2 is 2.29 bits per heavy atom. The Hall–Kier alpha value is -1.43. The number of rotatable bonds is 2. The molecule has 1 aromatic rings. The fourth-order valence-corrected chi connectivity index (χ4v) is 1.97. The average molecular weight is 301 g/mol. The summed E-state index contributed by atoms with van der Waals surface area (Å²) in [5.41, 5.74) is 0.358. The van der Waals surface area contributed by atoms with E-state index in [4.69, 9.17) is 0 Å². The zero-order valence-electron chi connectivity index (χ0n) is 8.80. The van der Waals surface area contributed by atoms with E-state index in [1.807, 2.05) is 0 Å². The third-order valence-corrected chi connectivity index (χ3v) is 3.19. The molecule has 0 aliphatic carbocycles. The Labute approximate surface area is 106 Å². The maximum atomic E-state index is 13.0. The summed E-state index contributed by atoms with van der Waals surface area (Å²) >= 11 is 3.21. The van der Waals surface area contributed by atoms with Crippen LogP contribution in [0.1, 0.15) is 12.8 Å². The van der Waals surface area contributed by atoms with Crippen LogP contribution in [0, 0.1) is 5.82 Å². The van der Waals surface area contributed by atoms with Crippen LogP contribution in [0.5, 0.6) is 0 Å². The van der Waals surface area contributed by atoms with Gasteiger partial charge in [0.15, 0.2) is 0 Å². The van der Waals surface area contributed by atoms with E-state index in [9.17, 15) is 14.0 Å². The maximum Gasteiger partial charge on any atom is 0.246 e. The van der Waals surface area contributed by atoms with E-state index in [0.29, 0.717) is 23.0 Å². The highest BCUT2D eigenvalue weighted by molar-refractivity contribution is 9.10. The molecule has 0 bridgehead atoms. The number of hydrogen-bond donors (Lipinski definition) is 2. The molecule has 1 aliphatic heterocycles. The van der Waals surface area contributed by atoms with Crippen LogP contribution in [0.25, 0.3) is 0 Å². The lowest BCUT2D eigenvalue weighted by Crippen LogP contribution is -2.37. The van der Waals surface area contributed by atoms with Crippen molar-refractivity contribution in [1.29, 1.82) is 0 Å². The molecule has 1 heterocycles. The van der Waals surface area contributed by atoms with E-state index in [0.717, 1.165) is 0 Å². The molecule has 4 nitrogen and oxygen atoms in total. The van der Waals surface area contributed by atoms with Crippen molar-refractivity contribution >= 4 is 33.4 Å². The third kappa shape index (κ3) is 2.82. The van der Waals surface area contributed by atoms with Crippen molar-refractivity contribution < 1.29 is 14.0 Å². The van der Waals surface area contributed by atoms with Gasteiger partial charge in [0.1, 0.15) is 11.9 Å². The van der Waals surface area contributed by atoms with Crippen LogP contribution in [-0.2, 0) is 9.59 Å². The molecule has 1 aromatic carbocycles. The second kappa shape index (κ2) is 4.83. The Balaban J connectivity index is 2.07. The minimum Gasteiger partial charge on any atom is -0.344 e. The Morgan fingerprint density at radius 3 is 2.94 bits per heavy atom.